The van der Waals surface area contributed by atoms with Crippen molar-refractivity contribution < 1.29 is 9.47 Å². The maximum absolute atomic E-state index is 5.57. The molecule has 1 aromatic heterocycles. The van der Waals surface area contributed by atoms with Crippen LogP contribution >= 0.6 is 0 Å². The first-order valence-electron chi connectivity index (χ1n) is 8.90. The molecule has 0 spiro atoms. The molecule has 0 unspecified atom stereocenters. The third kappa shape index (κ3) is 2.77. The van der Waals surface area contributed by atoms with Crippen LogP contribution in [0.25, 0.3) is 16.6 Å². The predicted octanol–water partition coefficient (Wildman–Crippen LogP) is 5.11. The first-order valence-corrected chi connectivity index (χ1v) is 8.90. The number of fused-ring (bicyclic) bond motifs is 2. The Kier molecular flexibility index (Phi) is 3.53. The highest BCUT2D eigenvalue weighted by Crippen LogP contribution is 2.39. The van der Waals surface area contributed by atoms with Crippen molar-refractivity contribution in [1.29, 1.82) is 0 Å². The molecule has 0 saturated carbocycles. The van der Waals surface area contributed by atoms with Gasteiger partial charge in [0.05, 0.1) is 11.2 Å². The lowest BCUT2D eigenvalue weighted by Gasteiger charge is -2.11. The minimum absolute atomic E-state index is 0.251. The van der Waals surface area contributed by atoms with Crippen LogP contribution < -0.4 is 14.8 Å². The third-order valence-corrected chi connectivity index (χ3v) is 4.76. The highest BCUT2D eigenvalue weighted by molar-refractivity contribution is 5.95. The van der Waals surface area contributed by atoms with Crippen molar-refractivity contribution in [2.45, 2.75) is 13.8 Å². The number of rotatable bonds is 3. The fourth-order valence-electron chi connectivity index (χ4n) is 3.24. The van der Waals surface area contributed by atoms with Crippen molar-refractivity contribution in [2.24, 2.45) is 0 Å². The lowest BCUT2D eigenvalue weighted by atomic mass is 10.2. The Hall–Kier alpha value is -3.47. The number of aromatic nitrogens is 2. The van der Waals surface area contributed by atoms with E-state index in [1.807, 2.05) is 16.8 Å². The number of hydrogen-bond donors (Lipinski definition) is 1. The van der Waals surface area contributed by atoms with E-state index in [9.17, 15) is 0 Å². The van der Waals surface area contributed by atoms with Crippen LogP contribution in [0.15, 0.2) is 60.7 Å². The summed E-state index contributed by atoms with van der Waals surface area (Å²) in [6, 6.07) is 20.6. The number of nitrogens with zero attached hydrogens (tertiary/aromatic N) is 2. The number of ether oxygens (including phenoxy) is 2. The Labute approximate surface area is 157 Å². The average molecular weight is 357 g/mol. The van der Waals surface area contributed by atoms with Crippen LogP contribution in [0.3, 0.4) is 0 Å². The minimum Gasteiger partial charge on any atom is -0.454 e. The van der Waals surface area contributed by atoms with E-state index in [0.717, 1.165) is 39.6 Å². The van der Waals surface area contributed by atoms with Crippen LogP contribution in [-0.4, -0.2) is 16.6 Å². The second-order valence-corrected chi connectivity index (χ2v) is 6.81. The van der Waals surface area contributed by atoms with Gasteiger partial charge in [0.25, 0.3) is 0 Å². The Morgan fingerprint density at radius 3 is 2.19 bits per heavy atom. The lowest BCUT2D eigenvalue weighted by molar-refractivity contribution is 0.174. The maximum atomic E-state index is 5.57. The van der Waals surface area contributed by atoms with E-state index >= 15 is 0 Å². The SMILES string of the molecule is Cc1ccc(Nc2c3cc4c(cc3nn2-c2ccc(C)cc2)OCO4)cc1. The van der Waals surface area contributed by atoms with Gasteiger partial charge in [-0.15, -0.1) is 0 Å². The molecule has 4 aromatic rings. The summed E-state index contributed by atoms with van der Waals surface area (Å²) >= 11 is 0. The van der Waals surface area contributed by atoms with Crippen molar-refractivity contribution >= 4 is 22.4 Å². The van der Waals surface area contributed by atoms with Crippen LogP contribution in [0.5, 0.6) is 11.5 Å². The molecular formula is C22H19N3O2. The van der Waals surface area contributed by atoms with Crippen LogP contribution in [0.4, 0.5) is 11.5 Å². The first kappa shape index (κ1) is 15.8. The lowest BCUT2D eigenvalue weighted by Crippen LogP contribution is -2.02. The second-order valence-electron chi connectivity index (χ2n) is 6.81. The quantitative estimate of drug-likeness (QED) is 0.553. The van der Waals surface area contributed by atoms with Gasteiger partial charge in [-0.1, -0.05) is 35.4 Å². The van der Waals surface area contributed by atoms with Gasteiger partial charge in [0.2, 0.25) is 6.79 Å². The van der Waals surface area contributed by atoms with Crippen molar-refractivity contribution in [3.8, 4) is 17.2 Å². The smallest absolute Gasteiger partial charge is 0.231 e. The minimum atomic E-state index is 0.251. The number of nitrogens with one attached hydrogen (secondary N) is 1. The molecule has 0 atom stereocenters. The van der Waals surface area contributed by atoms with E-state index in [0.29, 0.717) is 0 Å². The zero-order valence-corrected chi connectivity index (χ0v) is 15.2. The Morgan fingerprint density at radius 1 is 0.852 bits per heavy atom. The highest BCUT2D eigenvalue weighted by Gasteiger charge is 2.20. The summed E-state index contributed by atoms with van der Waals surface area (Å²) < 4.78 is 13.0. The molecule has 1 aliphatic heterocycles. The van der Waals surface area contributed by atoms with Crippen LogP contribution in [0.1, 0.15) is 11.1 Å². The number of benzene rings is 3. The van der Waals surface area contributed by atoms with Crippen LogP contribution in [0, 0.1) is 13.8 Å². The molecule has 0 fully saturated rings. The van der Waals surface area contributed by atoms with Crippen LogP contribution in [0.2, 0.25) is 0 Å². The summed E-state index contributed by atoms with van der Waals surface area (Å²) in [6.45, 7) is 4.41. The summed E-state index contributed by atoms with van der Waals surface area (Å²) in [4.78, 5) is 0. The zero-order valence-electron chi connectivity index (χ0n) is 15.2. The molecule has 0 saturated heterocycles. The summed E-state index contributed by atoms with van der Waals surface area (Å²) in [7, 11) is 0. The van der Waals surface area contributed by atoms with Gasteiger partial charge in [0.1, 0.15) is 5.82 Å². The molecule has 0 bridgehead atoms. The van der Waals surface area contributed by atoms with Gasteiger partial charge in [-0.2, -0.15) is 5.10 Å². The van der Waals surface area contributed by atoms with Crippen molar-refractivity contribution in [2.75, 3.05) is 12.1 Å². The fraction of sp³-hybridized carbons (Fsp3) is 0.136. The summed E-state index contributed by atoms with van der Waals surface area (Å²) in [5.74, 6) is 2.38. The molecule has 2 heterocycles. The van der Waals surface area contributed by atoms with Gasteiger partial charge in [0, 0.05) is 17.1 Å². The number of hydrogen-bond acceptors (Lipinski definition) is 4. The van der Waals surface area contributed by atoms with E-state index in [4.69, 9.17) is 14.6 Å². The fourth-order valence-corrected chi connectivity index (χ4v) is 3.24. The number of aryl methyl sites for hydroxylation is 2. The van der Waals surface area contributed by atoms with Gasteiger partial charge in [-0.25, -0.2) is 4.68 Å². The van der Waals surface area contributed by atoms with Crippen molar-refractivity contribution in [1.82, 2.24) is 9.78 Å². The molecule has 1 aliphatic rings. The van der Waals surface area contributed by atoms with E-state index in [2.05, 4.69) is 67.7 Å². The average Bonchev–Trinajstić information content (AvgIpc) is 3.27. The molecule has 5 rings (SSSR count). The second kappa shape index (κ2) is 6.06. The Morgan fingerprint density at radius 2 is 1.48 bits per heavy atom. The Balaban J connectivity index is 1.69. The van der Waals surface area contributed by atoms with Gasteiger partial charge >= 0.3 is 0 Å². The van der Waals surface area contributed by atoms with Crippen molar-refractivity contribution in [3.05, 3.63) is 71.8 Å². The first-order chi connectivity index (χ1) is 13.2. The van der Waals surface area contributed by atoms with Gasteiger partial charge in [-0.3, -0.25) is 0 Å². The predicted molar refractivity (Wildman–Crippen MR) is 106 cm³/mol. The maximum Gasteiger partial charge on any atom is 0.231 e. The van der Waals surface area contributed by atoms with Gasteiger partial charge in [-0.05, 0) is 44.2 Å². The van der Waals surface area contributed by atoms with E-state index < -0.39 is 0 Å². The summed E-state index contributed by atoms with van der Waals surface area (Å²) in [6.07, 6.45) is 0. The molecule has 1 N–H and O–H groups in total. The van der Waals surface area contributed by atoms with Gasteiger partial charge in [0.15, 0.2) is 11.5 Å². The molecular weight excluding hydrogens is 338 g/mol. The highest BCUT2D eigenvalue weighted by atomic mass is 16.7. The largest absolute Gasteiger partial charge is 0.454 e. The molecule has 5 heteroatoms. The van der Waals surface area contributed by atoms with Crippen molar-refractivity contribution in [3.63, 3.8) is 0 Å². The summed E-state index contributed by atoms with van der Waals surface area (Å²) in [5.41, 5.74) is 5.29. The Bertz CT molecular complexity index is 1130. The third-order valence-electron chi connectivity index (χ3n) is 4.76. The number of anilines is 2. The molecule has 3 aromatic carbocycles. The molecule has 5 nitrogen and oxygen atoms in total. The van der Waals surface area contributed by atoms with Gasteiger partial charge < -0.3 is 14.8 Å². The topological polar surface area (TPSA) is 48.3 Å². The monoisotopic (exact) mass is 357 g/mol. The molecule has 134 valence electrons. The molecule has 27 heavy (non-hydrogen) atoms. The standard InChI is InChI=1S/C22H19N3O2/c1-14-3-7-16(8-4-14)23-22-18-11-20-21(27-13-26-20)12-19(18)24-25(22)17-9-5-15(2)6-10-17/h3-12,23H,13H2,1-2H3. The van der Waals surface area contributed by atoms with E-state index in [-0.39, 0.29) is 6.79 Å². The summed E-state index contributed by atoms with van der Waals surface area (Å²) in [5, 5.41) is 9.34. The molecule has 0 aliphatic carbocycles. The van der Waals surface area contributed by atoms with Crippen LogP contribution in [-0.2, 0) is 0 Å². The zero-order chi connectivity index (χ0) is 18.4. The normalized spacial score (nSPS) is 12.5. The van der Waals surface area contributed by atoms with E-state index in [1.165, 1.54) is 11.1 Å². The van der Waals surface area contributed by atoms with E-state index in [1.54, 1.807) is 0 Å². The molecule has 0 amide bonds. The molecule has 0 radical (unpaired) electrons.